The van der Waals surface area contributed by atoms with Crippen LogP contribution in [0.2, 0.25) is 0 Å². The van der Waals surface area contributed by atoms with Gasteiger partial charge in [0.25, 0.3) is 0 Å². The summed E-state index contributed by atoms with van der Waals surface area (Å²) in [7, 11) is 2.21. The number of hydrogen-bond donors (Lipinski definition) is 0. The van der Waals surface area contributed by atoms with Crippen LogP contribution >= 0.6 is 27.7 Å². The highest BCUT2D eigenvalue weighted by Crippen LogP contribution is 2.28. The minimum atomic E-state index is 0.656. The van der Waals surface area contributed by atoms with Crippen LogP contribution < -0.4 is 0 Å². The normalized spacial score (nSPS) is 26.9. The molecule has 0 N–H and O–H groups in total. The van der Waals surface area contributed by atoms with Gasteiger partial charge in [-0.2, -0.15) is 0 Å². The number of thioether (sulfide) groups is 1. The number of rotatable bonds is 3. The Balaban J connectivity index is 1.77. The molecule has 1 fully saturated rings. The lowest BCUT2D eigenvalue weighted by atomic mass is 9.89. The second-order valence-electron chi connectivity index (χ2n) is 4.90. The summed E-state index contributed by atoms with van der Waals surface area (Å²) < 4.78 is 0. The van der Waals surface area contributed by atoms with Gasteiger partial charge in [-0.1, -0.05) is 47.0 Å². The fraction of sp³-hybridized carbons (Fsp3) is 0.917. The van der Waals surface area contributed by atoms with E-state index in [2.05, 4.69) is 32.9 Å². The van der Waals surface area contributed by atoms with Gasteiger partial charge in [-0.05, 0) is 18.8 Å². The number of aliphatic imine (C=N–C) groups is 1. The molecule has 1 atom stereocenters. The van der Waals surface area contributed by atoms with Gasteiger partial charge in [0.05, 0.1) is 6.54 Å². The molecule has 0 aromatic heterocycles. The van der Waals surface area contributed by atoms with Gasteiger partial charge in [0, 0.05) is 24.2 Å². The summed E-state index contributed by atoms with van der Waals surface area (Å²) in [5, 5.41) is 2.97. The zero-order valence-electron chi connectivity index (χ0n) is 9.99. The van der Waals surface area contributed by atoms with Gasteiger partial charge in [-0.15, -0.1) is 0 Å². The van der Waals surface area contributed by atoms with Gasteiger partial charge in [-0.3, -0.25) is 4.99 Å². The van der Waals surface area contributed by atoms with Crippen molar-refractivity contribution in [2.24, 2.45) is 10.9 Å². The first-order chi connectivity index (χ1) is 7.79. The van der Waals surface area contributed by atoms with Crippen LogP contribution in [-0.2, 0) is 0 Å². The van der Waals surface area contributed by atoms with Crippen LogP contribution in [0.5, 0.6) is 0 Å². The highest BCUT2D eigenvalue weighted by atomic mass is 79.9. The molecule has 92 valence electrons. The topological polar surface area (TPSA) is 15.6 Å². The number of hydrogen-bond acceptors (Lipinski definition) is 3. The van der Waals surface area contributed by atoms with E-state index in [1.165, 1.54) is 43.8 Å². The summed E-state index contributed by atoms with van der Waals surface area (Å²) in [4.78, 5) is 7.01. The van der Waals surface area contributed by atoms with Crippen LogP contribution in [0.3, 0.4) is 0 Å². The van der Waals surface area contributed by atoms with Crippen molar-refractivity contribution < 1.29 is 0 Å². The molecule has 0 amide bonds. The van der Waals surface area contributed by atoms with Gasteiger partial charge in [0.2, 0.25) is 0 Å². The number of halogens is 1. The highest BCUT2D eigenvalue weighted by molar-refractivity contribution is 9.09. The third-order valence-electron chi connectivity index (χ3n) is 3.46. The van der Waals surface area contributed by atoms with Crippen molar-refractivity contribution in [3.05, 3.63) is 0 Å². The number of amidine groups is 1. The summed E-state index contributed by atoms with van der Waals surface area (Å²) in [5.41, 5.74) is 0. The fourth-order valence-electron chi connectivity index (χ4n) is 2.53. The highest BCUT2D eigenvalue weighted by Gasteiger charge is 2.23. The number of alkyl halides is 1. The monoisotopic (exact) mass is 304 g/mol. The quantitative estimate of drug-likeness (QED) is 0.743. The van der Waals surface area contributed by atoms with E-state index >= 15 is 0 Å². The van der Waals surface area contributed by atoms with E-state index in [0.29, 0.717) is 5.25 Å². The molecule has 0 saturated heterocycles. The predicted molar refractivity (Wildman–Crippen MR) is 76.7 cm³/mol. The Kier molecular flexibility index (Phi) is 5.01. The first-order valence-corrected chi connectivity index (χ1v) is 8.28. The van der Waals surface area contributed by atoms with Crippen molar-refractivity contribution in [3.63, 3.8) is 0 Å². The Morgan fingerprint density at radius 2 is 2.12 bits per heavy atom. The van der Waals surface area contributed by atoms with Gasteiger partial charge in [-0.25, -0.2) is 0 Å². The van der Waals surface area contributed by atoms with Crippen LogP contribution in [0.25, 0.3) is 0 Å². The first-order valence-electron chi connectivity index (χ1n) is 6.28. The number of nitrogens with zero attached hydrogens (tertiary/aromatic N) is 2. The zero-order valence-corrected chi connectivity index (χ0v) is 12.4. The maximum Gasteiger partial charge on any atom is 0.159 e. The molecule has 2 nitrogen and oxygen atoms in total. The van der Waals surface area contributed by atoms with E-state index in [1.54, 1.807) is 0 Å². The minimum absolute atomic E-state index is 0.656. The summed E-state index contributed by atoms with van der Waals surface area (Å²) >= 11 is 5.48. The Morgan fingerprint density at radius 3 is 2.75 bits per heavy atom. The molecule has 4 heteroatoms. The maximum absolute atomic E-state index is 4.63. The van der Waals surface area contributed by atoms with Crippen LogP contribution in [0.4, 0.5) is 0 Å². The molecule has 2 aliphatic rings. The van der Waals surface area contributed by atoms with Gasteiger partial charge >= 0.3 is 0 Å². The smallest absolute Gasteiger partial charge is 0.159 e. The van der Waals surface area contributed by atoms with E-state index in [4.69, 9.17) is 0 Å². The summed E-state index contributed by atoms with van der Waals surface area (Å²) in [5.74, 6) is 0.907. The van der Waals surface area contributed by atoms with Crippen LogP contribution in [0.15, 0.2) is 4.99 Å². The Labute approximate surface area is 111 Å². The Morgan fingerprint density at radius 1 is 1.38 bits per heavy atom. The lowest BCUT2D eigenvalue weighted by Crippen LogP contribution is -2.30. The second-order valence-corrected chi connectivity index (χ2v) is 6.82. The molecule has 0 bridgehead atoms. The molecule has 2 rings (SSSR count). The lowest BCUT2D eigenvalue weighted by Gasteiger charge is -2.27. The average Bonchev–Trinajstić information content (AvgIpc) is 2.79. The van der Waals surface area contributed by atoms with E-state index in [-0.39, 0.29) is 0 Å². The summed E-state index contributed by atoms with van der Waals surface area (Å²) in [6, 6.07) is 0. The molecule has 1 unspecified atom stereocenters. The van der Waals surface area contributed by atoms with E-state index in [9.17, 15) is 0 Å². The first kappa shape index (κ1) is 12.7. The third kappa shape index (κ3) is 3.39. The minimum Gasteiger partial charge on any atom is -0.354 e. The van der Waals surface area contributed by atoms with Crippen molar-refractivity contribution in [1.82, 2.24) is 4.90 Å². The molecule has 0 aromatic carbocycles. The van der Waals surface area contributed by atoms with Crippen molar-refractivity contribution in [3.8, 4) is 0 Å². The Hall–Kier alpha value is 0.300. The van der Waals surface area contributed by atoms with E-state index in [1.807, 2.05) is 11.8 Å². The van der Waals surface area contributed by atoms with Crippen LogP contribution in [0.1, 0.15) is 32.1 Å². The molecular weight excluding hydrogens is 284 g/mol. The van der Waals surface area contributed by atoms with Crippen molar-refractivity contribution in [1.29, 1.82) is 0 Å². The van der Waals surface area contributed by atoms with Crippen molar-refractivity contribution >= 4 is 32.9 Å². The molecule has 0 aromatic rings. The molecular formula is C12H21BrN2S. The second kappa shape index (κ2) is 6.29. The standard InChI is InChI=1S/C12H21BrN2S/c1-15(9-10-5-3-2-4-6-10)12-14-8-11(7-13)16-12/h10-11H,2-9H2,1H3. The van der Waals surface area contributed by atoms with Crippen molar-refractivity contribution in [2.45, 2.75) is 37.4 Å². The average molecular weight is 305 g/mol. The molecule has 1 aliphatic heterocycles. The fourth-order valence-corrected chi connectivity index (χ4v) is 4.04. The zero-order chi connectivity index (χ0) is 11.4. The summed E-state index contributed by atoms with van der Waals surface area (Å²) in [6.07, 6.45) is 7.15. The molecule has 16 heavy (non-hydrogen) atoms. The Bertz CT molecular complexity index is 251. The third-order valence-corrected chi connectivity index (χ3v) is 5.97. The SMILES string of the molecule is CN(CC1CCCCC1)C1=NCC(CBr)S1. The molecule has 1 heterocycles. The van der Waals surface area contributed by atoms with Crippen LogP contribution in [0, 0.1) is 5.92 Å². The molecule has 1 aliphatic carbocycles. The van der Waals surface area contributed by atoms with Gasteiger partial charge in [0.15, 0.2) is 5.17 Å². The maximum atomic E-state index is 4.63. The largest absolute Gasteiger partial charge is 0.354 e. The van der Waals surface area contributed by atoms with Crippen LogP contribution in [-0.4, -0.2) is 40.8 Å². The molecule has 0 spiro atoms. The lowest BCUT2D eigenvalue weighted by molar-refractivity contribution is 0.298. The predicted octanol–water partition coefficient (Wildman–Crippen LogP) is 3.36. The van der Waals surface area contributed by atoms with Gasteiger partial charge in [0.1, 0.15) is 0 Å². The summed E-state index contributed by atoms with van der Waals surface area (Å²) in [6.45, 7) is 2.20. The van der Waals surface area contributed by atoms with E-state index < -0.39 is 0 Å². The molecule has 1 saturated carbocycles. The van der Waals surface area contributed by atoms with E-state index in [0.717, 1.165) is 17.8 Å². The molecule has 0 radical (unpaired) electrons. The van der Waals surface area contributed by atoms with Gasteiger partial charge < -0.3 is 4.90 Å². The van der Waals surface area contributed by atoms with Crippen molar-refractivity contribution in [2.75, 3.05) is 25.5 Å².